The van der Waals surface area contributed by atoms with E-state index in [4.69, 9.17) is 9.84 Å². The van der Waals surface area contributed by atoms with E-state index in [0.29, 0.717) is 31.2 Å². The van der Waals surface area contributed by atoms with Gasteiger partial charge in [-0.15, -0.1) is 11.3 Å². The highest BCUT2D eigenvalue weighted by Gasteiger charge is 2.22. The van der Waals surface area contributed by atoms with Crippen LogP contribution in [0.1, 0.15) is 31.4 Å². The van der Waals surface area contributed by atoms with Crippen LogP contribution in [-0.2, 0) is 20.7 Å². The molecule has 1 aromatic heterocycles. The van der Waals surface area contributed by atoms with Crippen LogP contribution in [0.25, 0.3) is 0 Å². The molecule has 110 valence electrons. The van der Waals surface area contributed by atoms with Gasteiger partial charge in [-0.25, -0.2) is 4.98 Å². The third-order valence-electron chi connectivity index (χ3n) is 3.20. The summed E-state index contributed by atoms with van der Waals surface area (Å²) in [5.41, 5.74) is 0.832. The van der Waals surface area contributed by atoms with Crippen molar-refractivity contribution in [2.75, 3.05) is 18.5 Å². The molecule has 2 N–H and O–H groups in total. The lowest BCUT2D eigenvalue weighted by atomic mass is 10.00. The van der Waals surface area contributed by atoms with E-state index < -0.39 is 5.97 Å². The zero-order valence-corrected chi connectivity index (χ0v) is 11.9. The number of aryl methyl sites for hydroxylation is 1. The highest BCUT2D eigenvalue weighted by molar-refractivity contribution is 7.13. The SMILES string of the molecule is O=C(O)CCCc1csc(NC(=O)C2CCOCC2)n1. The Morgan fingerprint density at radius 1 is 1.45 bits per heavy atom. The van der Waals surface area contributed by atoms with Gasteiger partial charge in [0.2, 0.25) is 5.91 Å². The van der Waals surface area contributed by atoms with E-state index in [1.54, 1.807) is 0 Å². The summed E-state index contributed by atoms with van der Waals surface area (Å²) in [7, 11) is 0. The molecule has 0 bridgehead atoms. The number of hydrogen-bond acceptors (Lipinski definition) is 5. The Hall–Kier alpha value is -1.47. The summed E-state index contributed by atoms with van der Waals surface area (Å²) in [5.74, 6) is -0.795. The van der Waals surface area contributed by atoms with Gasteiger partial charge in [-0.1, -0.05) is 0 Å². The van der Waals surface area contributed by atoms with Crippen molar-refractivity contribution in [2.45, 2.75) is 32.1 Å². The zero-order chi connectivity index (χ0) is 14.4. The number of carboxylic acids is 1. The first-order valence-corrected chi connectivity index (χ1v) is 7.58. The number of amides is 1. The third-order valence-corrected chi connectivity index (χ3v) is 4.00. The van der Waals surface area contributed by atoms with Gasteiger partial charge in [-0.3, -0.25) is 9.59 Å². The predicted molar refractivity (Wildman–Crippen MR) is 74.9 cm³/mol. The maximum Gasteiger partial charge on any atom is 0.303 e. The molecule has 1 saturated heterocycles. The minimum absolute atomic E-state index is 0.000244. The largest absolute Gasteiger partial charge is 0.481 e. The van der Waals surface area contributed by atoms with Crippen molar-refractivity contribution < 1.29 is 19.4 Å². The molecule has 1 fully saturated rings. The maximum atomic E-state index is 12.0. The predicted octanol–water partition coefficient (Wildman–Crippen LogP) is 1.92. The number of thiazole rings is 1. The molecule has 20 heavy (non-hydrogen) atoms. The van der Waals surface area contributed by atoms with Gasteiger partial charge >= 0.3 is 5.97 Å². The smallest absolute Gasteiger partial charge is 0.303 e. The summed E-state index contributed by atoms with van der Waals surface area (Å²) in [4.78, 5) is 26.7. The molecule has 0 spiro atoms. The summed E-state index contributed by atoms with van der Waals surface area (Å²) in [6.07, 6.45) is 2.83. The van der Waals surface area contributed by atoms with Crippen LogP contribution in [0.4, 0.5) is 5.13 Å². The number of carboxylic acid groups (broad SMARTS) is 1. The van der Waals surface area contributed by atoms with Crippen molar-refractivity contribution in [3.05, 3.63) is 11.1 Å². The molecule has 1 aliphatic heterocycles. The summed E-state index contributed by atoms with van der Waals surface area (Å²) in [6, 6.07) is 0. The molecule has 0 radical (unpaired) electrons. The van der Waals surface area contributed by atoms with Crippen LogP contribution in [-0.4, -0.2) is 35.2 Å². The van der Waals surface area contributed by atoms with Crippen molar-refractivity contribution in [2.24, 2.45) is 5.92 Å². The molecule has 0 aliphatic carbocycles. The standard InChI is InChI=1S/C13H18N2O4S/c16-11(17)3-1-2-10-8-20-13(14-10)15-12(18)9-4-6-19-7-5-9/h8-9H,1-7H2,(H,16,17)(H,14,15,18). The average molecular weight is 298 g/mol. The van der Waals surface area contributed by atoms with E-state index >= 15 is 0 Å². The first kappa shape index (κ1) is 14.9. The van der Waals surface area contributed by atoms with E-state index in [1.807, 2.05) is 5.38 Å². The van der Waals surface area contributed by atoms with Crippen LogP contribution in [0, 0.1) is 5.92 Å². The summed E-state index contributed by atoms with van der Waals surface area (Å²) in [5, 5.41) is 13.9. The van der Waals surface area contributed by atoms with Crippen LogP contribution in [0.15, 0.2) is 5.38 Å². The fourth-order valence-electron chi connectivity index (χ4n) is 2.07. The van der Waals surface area contributed by atoms with Crippen LogP contribution in [0.3, 0.4) is 0 Å². The Morgan fingerprint density at radius 2 is 2.20 bits per heavy atom. The minimum Gasteiger partial charge on any atom is -0.481 e. The molecule has 1 aliphatic rings. The van der Waals surface area contributed by atoms with Gasteiger partial charge in [0, 0.05) is 30.9 Å². The summed E-state index contributed by atoms with van der Waals surface area (Å²) in [6.45, 7) is 1.27. The number of aliphatic carboxylic acids is 1. The Labute approximate surface area is 121 Å². The molecule has 0 saturated carbocycles. The quantitative estimate of drug-likeness (QED) is 0.837. The van der Waals surface area contributed by atoms with E-state index in [9.17, 15) is 9.59 Å². The first-order chi connectivity index (χ1) is 9.65. The number of carbonyl (C=O) groups excluding carboxylic acids is 1. The lowest BCUT2D eigenvalue weighted by Crippen LogP contribution is -2.28. The fourth-order valence-corrected chi connectivity index (χ4v) is 2.81. The van der Waals surface area contributed by atoms with E-state index in [0.717, 1.165) is 18.5 Å². The lowest BCUT2D eigenvalue weighted by Gasteiger charge is -2.20. The van der Waals surface area contributed by atoms with Gasteiger partial charge in [0.25, 0.3) is 0 Å². The number of ether oxygens (including phenoxy) is 1. The minimum atomic E-state index is -0.798. The highest BCUT2D eigenvalue weighted by Crippen LogP contribution is 2.21. The van der Waals surface area contributed by atoms with Crippen molar-refractivity contribution in [3.8, 4) is 0 Å². The molecule has 6 nitrogen and oxygen atoms in total. The van der Waals surface area contributed by atoms with Gasteiger partial charge in [0.1, 0.15) is 0 Å². The van der Waals surface area contributed by atoms with E-state index in [-0.39, 0.29) is 18.2 Å². The molecule has 1 aromatic rings. The first-order valence-electron chi connectivity index (χ1n) is 6.70. The van der Waals surface area contributed by atoms with Crippen molar-refractivity contribution in [1.82, 2.24) is 4.98 Å². The van der Waals surface area contributed by atoms with Gasteiger partial charge in [-0.05, 0) is 25.7 Å². The molecule has 1 amide bonds. The molecule has 0 atom stereocenters. The van der Waals surface area contributed by atoms with Gasteiger partial charge in [0.05, 0.1) is 5.69 Å². The Balaban J connectivity index is 1.79. The van der Waals surface area contributed by atoms with Gasteiger partial charge in [0.15, 0.2) is 5.13 Å². The molecule has 7 heteroatoms. The summed E-state index contributed by atoms with van der Waals surface area (Å²) < 4.78 is 5.23. The topological polar surface area (TPSA) is 88.5 Å². The number of nitrogens with one attached hydrogen (secondary N) is 1. The Bertz CT molecular complexity index is 469. The molecule has 2 rings (SSSR count). The van der Waals surface area contributed by atoms with Crippen molar-refractivity contribution in [1.29, 1.82) is 0 Å². The van der Waals surface area contributed by atoms with Crippen LogP contribution >= 0.6 is 11.3 Å². The normalized spacial score (nSPS) is 16.0. The summed E-state index contributed by atoms with van der Waals surface area (Å²) >= 11 is 1.38. The van der Waals surface area contributed by atoms with Crippen LogP contribution in [0.5, 0.6) is 0 Å². The number of carbonyl (C=O) groups is 2. The molecule has 2 heterocycles. The molecule has 0 aromatic carbocycles. The van der Waals surface area contributed by atoms with E-state index in [1.165, 1.54) is 11.3 Å². The Morgan fingerprint density at radius 3 is 2.90 bits per heavy atom. The van der Waals surface area contributed by atoms with Crippen molar-refractivity contribution in [3.63, 3.8) is 0 Å². The number of hydrogen-bond donors (Lipinski definition) is 2. The maximum absolute atomic E-state index is 12.0. The number of rotatable bonds is 6. The van der Waals surface area contributed by atoms with E-state index in [2.05, 4.69) is 10.3 Å². The zero-order valence-electron chi connectivity index (χ0n) is 11.1. The van der Waals surface area contributed by atoms with Crippen LogP contribution in [0.2, 0.25) is 0 Å². The molecular formula is C13H18N2O4S. The second-order valence-corrected chi connectivity index (χ2v) is 5.63. The number of nitrogens with zero attached hydrogens (tertiary/aromatic N) is 1. The second kappa shape index (κ2) is 7.35. The van der Waals surface area contributed by atoms with Crippen LogP contribution < -0.4 is 5.32 Å². The van der Waals surface area contributed by atoms with Crippen molar-refractivity contribution >= 4 is 28.3 Å². The number of aromatic nitrogens is 1. The monoisotopic (exact) mass is 298 g/mol. The highest BCUT2D eigenvalue weighted by atomic mass is 32.1. The third kappa shape index (κ3) is 4.57. The number of anilines is 1. The second-order valence-electron chi connectivity index (χ2n) is 4.77. The molecule has 0 unspecified atom stereocenters. The molecular weight excluding hydrogens is 280 g/mol. The van der Waals surface area contributed by atoms with Gasteiger partial charge < -0.3 is 15.2 Å². The lowest BCUT2D eigenvalue weighted by molar-refractivity contribution is -0.137. The average Bonchev–Trinajstić information content (AvgIpc) is 2.87. The van der Waals surface area contributed by atoms with Gasteiger partial charge in [-0.2, -0.15) is 0 Å². The Kier molecular flexibility index (Phi) is 5.49. The fraction of sp³-hybridized carbons (Fsp3) is 0.615.